The SMILES string of the molecule is COC(=O)Cn1c(=NC(=O)c2ccc(S(=O)(=O)N(CC(C)C)CC(C)C)cc2)sc2cc(C)cc(C)c21. The van der Waals surface area contributed by atoms with Crippen molar-refractivity contribution in [2.45, 2.75) is 53.0 Å². The van der Waals surface area contributed by atoms with Crippen LogP contribution < -0.4 is 4.80 Å². The Morgan fingerprint density at radius 2 is 1.62 bits per heavy atom. The largest absolute Gasteiger partial charge is 0.468 e. The van der Waals surface area contributed by atoms with E-state index in [9.17, 15) is 18.0 Å². The molecule has 0 bridgehead atoms. The van der Waals surface area contributed by atoms with Gasteiger partial charge in [-0.2, -0.15) is 9.30 Å². The van der Waals surface area contributed by atoms with Gasteiger partial charge in [0.15, 0.2) is 4.80 Å². The zero-order chi connectivity index (χ0) is 27.5. The number of rotatable bonds is 9. The predicted molar refractivity (Wildman–Crippen MR) is 146 cm³/mol. The molecule has 8 nitrogen and oxygen atoms in total. The second-order valence-corrected chi connectivity index (χ2v) is 13.0. The van der Waals surface area contributed by atoms with Crippen LogP contribution in [0.3, 0.4) is 0 Å². The quantitative estimate of drug-likeness (QED) is 0.368. The molecular formula is C27H35N3O5S2. The highest BCUT2D eigenvalue weighted by molar-refractivity contribution is 7.89. The zero-order valence-corrected chi connectivity index (χ0v) is 24.1. The van der Waals surface area contributed by atoms with Crippen LogP contribution >= 0.6 is 11.3 Å². The van der Waals surface area contributed by atoms with E-state index in [0.29, 0.717) is 17.9 Å². The number of carbonyl (C=O) groups excluding carboxylic acids is 2. The number of thiazole rings is 1. The number of sulfonamides is 1. The lowest BCUT2D eigenvalue weighted by Crippen LogP contribution is -2.37. The van der Waals surface area contributed by atoms with E-state index < -0.39 is 21.9 Å². The molecule has 0 radical (unpaired) electrons. The van der Waals surface area contributed by atoms with Gasteiger partial charge >= 0.3 is 5.97 Å². The Labute approximate surface area is 222 Å². The number of fused-ring (bicyclic) bond motifs is 1. The molecule has 0 spiro atoms. The van der Waals surface area contributed by atoms with Gasteiger partial charge < -0.3 is 9.30 Å². The zero-order valence-electron chi connectivity index (χ0n) is 22.4. The van der Waals surface area contributed by atoms with Crippen LogP contribution in [0.1, 0.15) is 49.2 Å². The van der Waals surface area contributed by atoms with E-state index in [1.54, 1.807) is 4.57 Å². The molecule has 1 aromatic heterocycles. The molecule has 3 rings (SSSR count). The van der Waals surface area contributed by atoms with Gasteiger partial charge in [-0.3, -0.25) is 9.59 Å². The van der Waals surface area contributed by atoms with E-state index in [4.69, 9.17) is 4.74 Å². The summed E-state index contributed by atoms with van der Waals surface area (Å²) >= 11 is 1.32. The van der Waals surface area contributed by atoms with Crippen molar-refractivity contribution in [2.75, 3.05) is 20.2 Å². The number of nitrogens with zero attached hydrogens (tertiary/aromatic N) is 3. The van der Waals surface area contributed by atoms with Crippen LogP contribution in [-0.4, -0.2) is 49.4 Å². The third-order valence-electron chi connectivity index (χ3n) is 5.70. The Balaban J connectivity index is 2.00. The minimum absolute atomic E-state index is 0.0781. The summed E-state index contributed by atoms with van der Waals surface area (Å²) in [6.45, 7) is 12.6. The highest BCUT2D eigenvalue weighted by Gasteiger charge is 2.26. The summed E-state index contributed by atoms with van der Waals surface area (Å²) in [5, 5.41) is 0. The first-order chi connectivity index (χ1) is 17.3. The number of methoxy groups -OCH3 is 1. The Morgan fingerprint density at radius 3 is 2.16 bits per heavy atom. The monoisotopic (exact) mass is 545 g/mol. The lowest BCUT2D eigenvalue weighted by molar-refractivity contribution is -0.141. The molecule has 0 aliphatic rings. The second kappa shape index (κ2) is 11.7. The molecule has 0 N–H and O–H groups in total. The molecule has 1 amide bonds. The molecule has 1 heterocycles. The van der Waals surface area contributed by atoms with Crippen LogP contribution in [-0.2, 0) is 26.1 Å². The summed E-state index contributed by atoms with van der Waals surface area (Å²) in [6, 6.07) is 9.86. The molecule has 0 saturated carbocycles. The van der Waals surface area contributed by atoms with E-state index >= 15 is 0 Å². The Kier molecular flexibility index (Phi) is 9.09. The van der Waals surface area contributed by atoms with E-state index in [2.05, 4.69) is 4.99 Å². The van der Waals surface area contributed by atoms with Gasteiger partial charge in [-0.15, -0.1) is 0 Å². The summed E-state index contributed by atoms with van der Waals surface area (Å²) < 4.78 is 35.5. The number of aromatic nitrogens is 1. The number of esters is 1. The van der Waals surface area contributed by atoms with Crippen molar-refractivity contribution >= 4 is 43.5 Å². The van der Waals surface area contributed by atoms with Gasteiger partial charge in [-0.05, 0) is 67.1 Å². The number of amides is 1. The lowest BCUT2D eigenvalue weighted by Gasteiger charge is -2.25. The average molecular weight is 546 g/mol. The van der Waals surface area contributed by atoms with Gasteiger partial charge in [0.1, 0.15) is 6.54 Å². The molecule has 0 aliphatic carbocycles. The van der Waals surface area contributed by atoms with Crippen molar-refractivity contribution in [2.24, 2.45) is 16.8 Å². The standard InChI is InChI=1S/C27H35N3O5S2/c1-17(2)14-29(15-18(3)4)37(33,34)22-10-8-21(9-11-22)26(32)28-27-30(16-24(31)35-7)25-20(6)12-19(5)13-23(25)36-27/h8-13,17-18H,14-16H2,1-7H3. The fraction of sp³-hybridized carbons (Fsp3) is 0.444. The molecule has 0 atom stereocenters. The molecule has 37 heavy (non-hydrogen) atoms. The Morgan fingerprint density at radius 1 is 1.03 bits per heavy atom. The molecule has 200 valence electrons. The van der Waals surface area contributed by atoms with Crippen LogP contribution in [0, 0.1) is 25.7 Å². The van der Waals surface area contributed by atoms with Gasteiger partial charge in [0.05, 0.1) is 22.2 Å². The van der Waals surface area contributed by atoms with Gasteiger partial charge in [-0.1, -0.05) is 45.1 Å². The van der Waals surface area contributed by atoms with Gasteiger partial charge in [-0.25, -0.2) is 8.42 Å². The topological polar surface area (TPSA) is 98.0 Å². The summed E-state index contributed by atoms with van der Waals surface area (Å²) in [7, 11) is -2.39. The first-order valence-electron chi connectivity index (χ1n) is 12.2. The number of hydrogen-bond acceptors (Lipinski definition) is 6. The van der Waals surface area contributed by atoms with Crippen LogP contribution in [0.2, 0.25) is 0 Å². The summed E-state index contributed by atoms with van der Waals surface area (Å²) in [6.07, 6.45) is 0. The first kappa shape index (κ1) is 28.7. The molecule has 0 saturated heterocycles. The average Bonchev–Trinajstić information content (AvgIpc) is 3.14. The van der Waals surface area contributed by atoms with E-state index in [-0.39, 0.29) is 28.8 Å². The number of aryl methyl sites for hydroxylation is 2. The number of ether oxygens (including phenoxy) is 1. The van der Waals surface area contributed by atoms with Crippen molar-refractivity contribution in [1.82, 2.24) is 8.87 Å². The van der Waals surface area contributed by atoms with Gasteiger partial charge in [0, 0.05) is 18.7 Å². The van der Waals surface area contributed by atoms with Gasteiger partial charge in [0.2, 0.25) is 10.0 Å². The highest BCUT2D eigenvalue weighted by Crippen LogP contribution is 2.24. The third kappa shape index (κ3) is 6.74. The van der Waals surface area contributed by atoms with Crippen molar-refractivity contribution in [3.8, 4) is 0 Å². The summed E-state index contributed by atoms with van der Waals surface area (Å²) in [4.78, 5) is 30.0. The van der Waals surface area contributed by atoms with Gasteiger partial charge in [0.25, 0.3) is 5.91 Å². The lowest BCUT2D eigenvalue weighted by atomic mass is 10.1. The minimum atomic E-state index is -3.70. The van der Waals surface area contributed by atoms with Crippen molar-refractivity contribution in [1.29, 1.82) is 0 Å². The van der Waals surface area contributed by atoms with Crippen molar-refractivity contribution < 1.29 is 22.7 Å². The molecule has 0 aliphatic heterocycles. The van der Waals surface area contributed by atoms with Crippen molar-refractivity contribution in [3.63, 3.8) is 0 Å². The van der Waals surface area contributed by atoms with Crippen LogP contribution in [0.5, 0.6) is 0 Å². The Hall–Kier alpha value is -2.82. The maximum Gasteiger partial charge on any atom is 0.325 e. The molecular weight excluding hydrogens is 510 g/mol. The van der Waals surface area contributed by atoms with Crippen molar-refractivity contribution in [3.05, 3.63) is 57.9 Å². The molecule has 3 aromatic rings. The number of benzene rings is 2. The molecule has 0 unspecified atom stereocenters. The van der Waals surface area contributed by atoms with Crippen LogP contribution in [0.15, 0.2) is 46.3 Å². The molecule has 2 aromatic carbocycles. The van der Waals surface area contributed by atoms with E-state index in [1.807, 2.05) is 53.7 Å². The first-order valence-corrected chi connectivity index (χ1v) is 14.5. The maximum atomic E-state index is 13.3. The van der Waals surface area contributed by atoms with E-state index in [0.717, 1.165) is 21.3 Å². The molecule has 10 heteroatoms. The third-order valence-corrected chi connectivity index (χ3v) is 8.57. The summed E-state index contributed by atoms with van der Waals surface area (Å²) in [5.74, 6) is -0.614. The smallest absolute Gasteiger partial charge is 0.325 e. The maximum absolute atomic E-state index is 13.3. The van der Waals surface area contributed by atoms with Crippen LogP contribution in [0.25, 0.3) is 10.2 Å². The fourth-order valence-corrected chi connectivity index (χ4v) is 7.14. The fourth-order valence-electron chi connectivity index (χ4n) is 4.17. The van der Waals surface area contributed by atoms with Crippen LogP contribution in [0.4, 0.5) is 0 Å². The van der Waals surface area contributed by atoms with E-state index in [1.165, 1.54) is 47.0 Å². The number of hydrogen-bond donors (Lipinski definition) is 0. The predicted octanol–water partition coefficient (Wildman–Crippen LogP) is 4.54. The Bertz CT molecular complexity index is 1460. The second-order valence-electron chi connectivity index (χ2n) is 10.0. The normalized spacial score (nSPS) is 12.8. The number of carbonyl (C=O) groups is 2. The summed E-state index contributed by atoms with van der Waals surface area (Å²) in [5.41, 5.74) is 3.11. The highest BCUT2D eigenvalue weighted by atomic mass is 32.2. The molecule has 0 fully saturated rings. The minimum Gasteiger partial charge on any atom is -0.468 e.